The molecule has 1 aliphatic rings. The molecule has 132 valence electrons. The highest BCUT2D eigenvalue weighted by Crippen LogP contribution is 2.33. The average molecular weight is 371 g/mol. The molecule has 3 rings (SSSR count). The molecule has 26 heavy (non-hydrogen) atoms. The maximum Gasteiger partial charge on any atom is 0.308 e. The van der Waals surface area contributed by atoms with Crippen LogP contribution in [0.15, 0.2) is 53.4 Å². The van der Waals surface area contributed by atoms with Crippen LogP contribution in [0.4, 0.5) is 9.18 Å². The molecule has 7 heteroatoms. The SMILES string of the molecule is CC(=O)Oc1ccc(/C=C2/SC(=O)N(Cc3ccc(F)cc3)C2=O)cc1. The molecule has 0 unspecified atom stereocenters. The van der Waals surface area contributed by atoms with E-state index in [1.807, 2.05) is 0 Å². The van der Waals surface area contributed by atoms with Crippen LogP contribution in [0.2, 0.25) is 0 Å². The highest BCUT2D eigenvalue weighted by molar-refractivity contribution is 8.18. The second-order valence-electron chi connectivity index (χ2n) is 5.56. The molecule has 0 spiro atoms. The van der Waals surface area contributed by atoms with Crippen LogP contribution >= 0.6 is 11.8 Å². The Hall–Kier alpha value is -2.93. The van der Waals surface area contributed by atoms with Gasteiger partial charge in [-0.05, 0) is 53.2 Å². The van der Waals surface area contributed by atoms with Crippen molar-refractivity contribution in [2.45, 2.75) is 13.5 Å². The van der Waals surface area contributed by atoms with Crippen molar-refractivity contribution in [2.24, 2.45) is 0 Å². The maximum absolute atomic E-state index is 13.0. The number of ether oxygens (including phenoxy) is 1. The lowest BCUT2D eigenvalue weighted by Gasteiger charge is -2.12. The van der Waals surface area contributed by atoms with Gasteiger partial charge in [0.05, 0.1) is 11.4 Å². The van der Waals surface area contributed by atoms with E-state index in [2.05, 4.69) is 0 Å². The Kier molecular flexibility index (Phi) is 5.18. The van der Waals surface area contributed by atoms with Gasteiger partial charge in [-0.2, -0.15) is 0 Å². The molecular weight excluding hydrogens is 357 g/mol. The van der Waals surface area contributed by atoms with Crippen molar-refractivity contribution in [3.63, 3.8) is 0 Å². The van der Waals surface area contributed by atoms with E-state index in [-0.39, 0.29) is 17.6 Å². The zero-order valence-electron chi connectivity index (χ0n) is 13.8. The fourth-order valence-corrected chi connectivity index (χ4v) is 3.20. The predicted molar refractivity (Wildman–Crippen MR) is 95.7 cm³/mol. The van der Waals surface area contributed by atoms with Gasteiger partial charge >= 0.3 is 5.97 Å². The van der Waals surface area contributed by atoms with E-state index in [1.165, 1.54) is 31.2 Å². The smallest absolute Gasteiger partial charge is 0.308 e. The molecule has 0 N–H and O–H groups in total. The van der Waals surface area contributed by atoms with E-state index in [0.29, 0.717) is 21.8 Å². The summed E-state index contributed by atoms with van der Waals surface area (Å²) >= 11 is 0.853. The van der Waals surface area contributed by atoms with Crippen LogP contribution in [0.25, 0.3) is 6.08 Å². The largest absolute Gasteiger partial charge is 0.427 e. The minimum absolute atomic E-state index is 0.0909. The normalized spacial score (nSPS) is 15.6. The molecule has 0 atom stereocenters. The van der Waals surface area contributed by atoms with Crippen molar-refractivity contribution in [3.05, 3.63) is 70.4 Å². The standard InChI is InChI=1S/C19H14FNO4S/c1-12(22)25-16-8-4-13(5-9-16)10-17-18(23)21(19(24)26-17)11-14-2-6-15(20)7-3-14/h2-10H,11H2,1H3/b17-10+. The van der Waals surface area contributed by atoms with E-state index in [4.69, 9.17) is 4.74 Å². The highest BCUT2D eigenvalue weighted by Gasteiger charge is 2.34. The van der Waals surface area contributed by atoms with Crippen molar-refractivity contribution >= 4 is 35.0 Å². The van der Waals surface area contributed by atoms with Gasteiger partial charge in [0.1, 0.15) is 11.6 Å². The summed E-state index contributed by atoms with van der Waals surface area (Å²) in [5.41, 5.74) is 1.37. The van der Waals surface area contributed by atoms with Crippen molar-refractivity contribution in [2.75, 3.05) is 0 Å². The van der Waals surface area contributed by atoms with Gasteiger partial charge in [-0.1, -0.05) is 24.3 Å². The number of esters is 1. The van der Waals surface area contributed by atoms with Crippen molar-refractivity contribution in [1.29, 1.82) is 0 Å². The first kappa shape index (κ1) is 17.9. The zero-order valence-corrected chi connectivity index (χ0v) is 14.6. The lowest BCUT2D eigenvalue weighted by Crippen LogP contribution is -2.27. The molecule has 0 saturated carbocycles. The monoisotopic (exact) mass is 371 g/mol. The molecule has 1 aliphatic heterocycles. The fraction of sp³-hybridized carbons (Fsp3) is 0.105. The Morgan fingerprint density at radius 1 is 1.12 bits per heavy atom. The van der Waals surface area contributed by atoms with Gasteiger partial charge in [0.2, 0.25) is 0 Å². The lowest BCUT2D eigenvalue weighted by molar-refractivity contribution is -0.131. The number of carbonyl (C=O) groups is 3. The third-order valence-electron chi connectivity index (χ3n) is 3.57. The maximum atomic E-state index is 13.0. The zero-order chi connectivity index (χ0) is 18.7. The number of imide groups is 1. The Morgan fingerprint density at radius 3 is 2.38 bits per heavy atom. The van der Waals surface area contributed by atoms with Gasteiger partial charge in [0, 0.05) is 6.92 Å². The Balaban J connectivity index is 1.74. The predicted octanol–water partition coefficient (Wildman–Crippen LogP) is 3.99. The minimum Gasteiger partial charge on any atom is -0.427 e. The van der Waals surface area contributed by atoms with Crippen LogP contribution in [0, 0.1) is 5.82 Å². The van der Waals surface area contributed by atoms with Crippen LogP contribution in [-0.4, -0.2) is 22.0 Å². The van der Waals surface area contributed by atoms with Crippen LogP contribution < -0.4 is 4.74 Å². The first-order chi connectivity index (χ1) is 12.4. The summed E-state index contributed by atoms with van der Waals surface area (Å²) in [7, 11) is 0. The van der Waals surface area contributed by atoms with Gasteiger partial charge in [-0.3, -0.25) is 19.3 Å². The van der Waals surface area contributed by atoms with E-state index in [9.17, 15) is 18.8 Å². The summed E-state index contributed by atoms with van der Waals surface area (Å²) < 4.78 is 17.9. The molecule has 2 aromatic rings. The Morgan fingerprint density at radius 2 is 1.77 bits per heavy atom. The third-order valence-corrected chi connectivity index (χ3v) is 4.47. The number of halogens is 1. The van der Waals surface area contributed by atoms with Gasteiger partial charge in [-0.15, -0.1) is 0 Å². The number of nitrogens with zero attached hydrogens (tertiary/aromatic N) is 1. The molecule has 0 bridgehead atoms. The summed E-state index contributed by atoms with van der Waals surface area (Å²) in [4.78, 5) is 36.9. The molecule has 5 nitrogen and oxygen atoms in total. The van der Waals surface area contributed by atoms with Gasteiger partial charge in [-0.25, -0.2) is 4.39 Å². The molecule has 1 fully saturated rings. The number of rotatable bonds is 4. The van der Waals surface area contributed by atoms with Crippen molar-refractivity contribution in [3.8, 4) is 5.75 Å². The summed E-state index contributed by atoms with van der Waals surface area (Å²) in [5.74, 6) is -0.785. The van der Waals surface area contributed by atoms with Crippen LogP contribution in [-0.2, 0) is 16.1 Å². The summed E-state index contributed by atoms with van der Waals surface area (Å²) in [5, 5.41) is -0.373. The highest BCUT2D eigenvalue weighted by atomic mass is 32.2. The number of thioether (sulfide) groups is 1. The Bertz CT molecular complexity index is 891. The second-order valence-corrected chi connectivity index (χ2v) is 6.55. The summed E-state index contributed by atoms with van der Waals surface area (Å²) in [6, 6.07) is 12.2. The topological polar surface area (TPSA) is 63.7 Å². The fourth-order valence-electron chi connectivity index (χ4n) is 2.36. The van der Waals surface area contributed by atoms with Crippen LogP contribution in [0.5, 0.6) is 5.75 Å². The van der Waals surface area contributed by atoms with E-state index in [1.54, 1.807) is 30.3 Å². The molecule has 1 heterocycles. The third kappa shape index (κ3) is 4.18. The Labute approximate surface area is 153 Å². The quantitative estimate of drug-likeness (QED) is 0.462. The average Bonchev–Trinajstić information content (AvgIpc) is 2.85. The molecule has 0 aromatic heterocycles. The molecule has 0 radical (unpaired) electrons. The lowest BCUT2D eigenvalue weighted by atomic mass is 10.2. The first-order valence-electron chi connectivity index (χ1n) is 7.70. The molecule has 2 aromatic carbocycles. The van der Waals surface area contributed by atoms with E-state index < -0.39 is 11.9 Å². The van der Waals surface area contributed by atoms with Gasteiger partial charge in [0.15, 0.2) is 0 Å². The molecule has 2 amide bonds. The minimum atomic E-state index is -0.417. The van der Waals surface area contributed by atoms with Gasteiger partial charge in [0.25, 0.3) is 11.1 Å². The molecule has 1 saturated heterocycles. The summed E-state index contributed by atoms with van der Waals surface area (Å²) in [6.45, 7) is 1.40. The van der Waals surface area contributed by atoms with Gasteiger partial charge < -0.3 is 4.74 Å². The van der Waals surface area contributed by atoms with E-state index in [0.717, 1.165) is 16.7 Å². The second kappa shape index (κ2) is 7.53. The van der Waals surface area contributed by atoms with Crippen LogP contribution in [0.1, 0.15) is 18.1 Å². The summed E-state index contributed by atoms with van der Waals surface area (Å²) in [6.07, 6.45) is 1.60. The number of amides is 2. The molecule has 0 aliphatic carbocycles. The number of hydrogen-bond donors (Lipinski definition) is 0. The molecular formula is C19H14FNO4S. The van der Waals surface area contributed by atoms with E-state index >= 15 is 0 Å². The number of hydrogen-bond acceptors (Lipinski definition) is 5. The van der Waals surface area contributed by atoms with Crippen LogP contribution in [0.3, 0.4) is 0 Å². The first-order valence-corrected chi connectivity index (χ1v) is 8.52. The number of benzene rings is 2. The van der Waals surface area contributed by atoms with Crippen molar-refractivity contribution in [1.82, 2.24) is 4.90 Å². The number of carbonyl (C=O) groups excluding carboxylic acids is 3. The van der Waals surface area contributed by atoms with Crippen molar-refractivity contribution < 1.29 is 23.5 Å².